The van der Waals surface area contributed by atoms with Crippen molar-refractivity contribution >= 4 is 23.7 Å². The zero-order valence-corrected chi connectivity index (χ0v) is 19.5. The van der Waals surface area contributed by atoms with Crippen molar-refractivity contribution in [3.63, 3.8) is 0 Å². The van der Waals surface area contributed by atoms with Crippen LogP contribution in [0.4, 0.5) is 0 Å². The molecule has 30 heavy (non-hydrogen) atoms. The highest BCUT2D eigenvalue weighted by Crippen LogP contribution is 2.37. The molecule has 0 aromatic carbocycles. The molecule has 1 amide bonds. The van der Waals surface area contributed by atoms with Crippen LogP contribution in [0.2, 0.25) is 0 Å². The van der Waals surface area contributed by atoms with E-state index in [1.807, 2.05) is 16.3 Å². The SMILES string of the molecule is CC1C(C#CC(C)(C)C)CC(N(C=O)C2CCCCC2)CC1OC(=O)c1cccs1. The number of rotatable bonds is 5. The van der Waals surface area contributed by atoms with Gasteiger partial charge in [-0.25, -0.2) is 4.79 Å². The van der Waals surface area contributed by atoms with Crippen LogP contribution in [0.5, 0.6) is 0 Å². The van der Waals surface area contributed by atoms with E-state index in [4.69, 9.17) is 4.74 Å². The lowest BCUT2D eigenvalue weighted by Gasteiger charge is -2.44. The molecule has 0 saturated heterocycles. The highest BCUT2D eigenvalue weighted by molar-refractivity contribution is 7.11. The monoisotopic (exact) mass is 429 g/mol. The van der Waals surface area contributed by atoms with Gasteiger partial charge in [0.05, 0.1) is 0 Å². The summed E-state index contributed by atoms with van der Waals surface area (Å²) in [6, 6.07) is 4.04. The van der Waals surface area contributed by atoms with Crippen molar-refractivity contribution in [2.24, 2.45) is 17.3 Å². The number of carbonyl (C=O) groups excluding carboxylic acids is 2. The average molecular weight is 430 g/mol. The maximum atomic E-state index is 12.7. The number of thiophene rings is 1. The van der Waals surface area contributed by atoms with Gasteiger partial charge in [0.15, 0.2) is 0 Å². The van der Waals surface area contributed by atoms with Gasteiger partial charge in [-0.05, 0) is 51.5 Å². The Bertz CT molecular complexity index is 765. The molecule has 2 aliphatic rings. The predicted octanol–water partition coefficient (Wildman–Crippen LogP) is 5.53. The fraction of sp³-hybridized carbons (Fsp3) is 0.680. The van der Waals surface area contributed by atoms with Gasteiger partial charge in [0.1, 0.15) is 11.0 Å². The van der Waals surface area contributed by atoms with Crippen molar-refractivity contribution in [3.8, 4) is 11.8 Å². The standard InChI is InChI=1S/C25H35NO3S/c1-18-19(12-13-25(2,3)4)15-21(26(17-27)20-9-6-5-7-10-20)16-22(18)29-24(28)23-11-8-14-30-23/h8,11,14,17-22H,5-7,9-10,15-16H2,1-4H3. The van der Waals surface area contributed by atoms with Gasteiger partial charge in [-0.1, -0.05) is 44.1 Å². The first-order valence-corrected chi connectivity index (χ1v) is 12.2. The Morgan fingerprint density at radius 3 is 2.53 bits per heavy atom. The molecule has 4 atom stereocenters. The van der Waals surface area contributed by atoms with E-state index < -0.39 is 0 Å². The Hall–Kier alpha value is -1.80. The van der Waals surface area contributed by atoms with Crippen molar-refractivity contribution in [1.29, 1.82) is 0 Å². The first kappa shape index (κ1) is 22.9. The number of hydrogen-bond acceptors (Lipinski definition) is 4. The number of carbonyl (C=O) groups is 2. The van der Waals surface area contributed by atoms with Gasteiger partial charge in [0.2, 0.25) is 6.41 Å². The van der Waals surface area contributed by atoms with Gasteiger partial charge in [-0.15, -0.1) is 11.3 Å². The van der Waals surface area contributed by atoms with Gasteiger partial charge in [0.25, 0.3) is 0 Å². The fourth-order valence-corrected chi connectivity index (χ4v) is 5.29. The van der Waals surface area contributed by atoms with E-state index in [2.05, 4.69) is 39.5 Å². The Kier molecular flexibility index (Phi) is 7.63. The van der Waals surface area contributed by atoms with Gasteiger partial charge in [-0.2, -0.15) is 0 Å². The Morgan fingerprint density at radius 2 is 1.93 bits per heavy atom. The highest BCUT2D eigenvalue weighted by Gasteiger charge is 2.40. The van der Waals surface area contributed by atoms with Gasteiger partial charge in [0, 0.05) is 35.8 Å². The zero-order chi connectivity index (χ0) is 21.7. The van der Waals surface area contributed by atoms with Crippen LogP contribution in [0, 0.1) is 29.1 Å². The number of ether oxygens (including phenoxy) is 1. The Balaban J connectivity index is 1.82. The smallest absolute Gasteiger partial charge is 0.348 e. The third kappa shape index (κ3) is 5.88. The molecule has 1 aromatic rings. The summed E-state index contributed by atoms with van der Waals surface area (Å²) in [5.41, 5.74) is -0.0798. The maximum Gasteiger partial charge on any atom is 0.348 e. The van der Waals surface area contributed by atoms with Crippen LogP contribution in [0.1, 0.15) is 82.3 Å². The minimum absolute atomic E-state index is 0.0715. The summed E-state index contributed by atoms with van der Waals surface area (Å²) >= 11 is 1.40. The summed E-state index contributed by atoms with van der Waals surface area (Å²) in [7, 11) is 0. The first-order valence-electron chi connectivity index (χ1n) is 11.3. The first-order chi connectivity index (χ1) is 14.3. The predicted molar refractivity (Wildman–Crippen MR) is 121 cm³/mol. The summed E-state index contributed by atoms with van der Waals surface area (Å²) in [4.78, 5) is 27.4. The molecule has 1 aromatic heterocycles. The van der Waals surface area contributed by atoms with Crippen LogP contribution in [0.15, 0.2) is 17.5 Å². The fourth-order valence-electron chi connectivity index (χ4n) is 4.68. The largest absolute Gasteiger partial charge is 0.458 e. The quantitative estimate of drug-likeness (QED) is 0.351. The topological polar surface area (TPSA) is 46.6 Å². The van der Waals surface area contributed by atoms with Gasteiger partial charge in [-0.3, -0.25) is 4.79 Å². The lowest BCUT2D eigenvalue weighted by molar-refractivity contribution is -0.126. The molecule has 164 valence electrons. The lowest BCUT2D eigenvalue weighted by atomic mass is 9.74. The molecule has 4 nitrogen and oxygen atoms in total. The molecule has 2 fully saturated rings. The van der Waals surface area contributed by atoms with E-state index in [0.717, 1.165) is 25.7 Å². The molecule has 1 heterocycles. The number of hydrogen-bond donors (Lipinski definition) is 0. The van der Waals surface area contributed by atoms with Crippen LogP contribution in [0.3, 0.4) is 0 Å². The molecule has 4 unspecified atom stereocenters. The average Bonchev–Trinajstić information content (AvgIpc) is 3.25. The zero-order valence-electron chi connectivity index (χ0n) is 18.7. The van der Waals surface area contributed by atoms with Crippen molar-refractivity contribution in [2.75, 3.05) is 0 Å². The van der Waals surface area contributed by atoms with Crippen molar-refractivity contribution in [3.05, 3.63) is 22.4 Å². The summed E-state index contributed by atoms with van der Waals surface area (Å²) in [5, 5.41) is 1.89. The minimum atomic E-state index is -0.264. The third-order valence-electron chi connectivity index (χ3n) is 6.40. The van der Waals surface area contributed by atoms with Gasteiger partial charge >= 0.3 is 5.97 Å². The summed E-state index contributed by atoms with van der Waals surface area (Å²) in [5.74, 6) is 6.85. The van der Waals surface area contributed by atoms with Crippen LogP contribution in [0.25, 0.3) is 0 Å². The molecule has 0 spiro atoms. The molecule has 2 aliphatic carbocycles. The molecule has 0 bridgehead atoms. The molecule has 0 aliphatic heterocycles. The molecule has 0 radical (unpaired) electrons. The van der Waals surface area contributed by atoms with Gasteiger partial charge < -0.3 is 9.64 Å². The van der Waals surface area contributed by atoms with Crippen LogP contribution >= 0.6 is 11.3 Å². The normalized spacial score (nSPS) is 27.6. The number of nitrogens with zero attached hydrogens (tertiary/aromatic N) is 1. The number of esters is 1. The number of amides is 1. The van der Waals surface area contributed by atoms with Crippen molar-refractivity contribution < 1.29 is 14.3 Å². The molecule has 5 heteroatoms. The minimum Gasteiger partial charge on any atom is -0.458 e. The Morgan fingerprint density at radius 1 is 1.20 bits per heavy atom. The second-order valence-electron chi connectivity index (χ2n) is 9.88. The molecule has 2 saturated carbocycles. The second-order valence-corrected chi connectivity index (χ2v) is 10.8. The van der Waals surface area contributed by atoms with E-state index in [9.17, 15) is 9.59 Å². The van der Waals surface area contributed by atoms with Crippen LogP contribution in [-0.4, -0.2) is 35.5 Å². The summed E-state index contributed by atoms with van der Waals surface area (Å²) in [6.45, 7) is 8.47. The molecule has 3 rings (SSSR count). The third-order valence-corrected chi connectivity index (χ3v) is 7.25. The molecular weight excluding hydrogens is 394 g/mol. The van der Waals surface area contributed by atoms with E-state index in [0.29, 0.717) is 17.3 Å². The van der Waals surface area contributed by atoms with Crippen LogP contribution in [-0.2, 0) is 9.53 Å². The highest BCUT2D eigenvalue weighted by atomic mass is 32.1. The molecular formula is C25H35NO3S. The molecule has 0 N–H and O–H groups in total. The summed E-state index contributed by atoms with van der Waals surface area (Å²) < 4.78 is 5.98. The Labute approximate surface area is 185 Å². The van der Waals surface area contributed by atoms with E-state index in [1.165, 1.54) is 30.6 Å². The van der Waals surface area contributed by atoms with E-state index >= 15 is 0 Å². The maximum absolute atomic E-state index is 12.7. The lowest BCUT2D eigenvalue weighted by Crippen LogP contribution is -2.50. The van der Waals surface area contributed by atoms with Crippen LogP contribution < -0.4 is 0 Å². The van der Waals surface area contributed by atoms with E-state index in [1.54, 1.807) is 6.07 Å². The van der Waals surface area contributed by atoms with Crippen molar-refractivity contribution in [2.45, 2.75) is 90.8 Å². The second kappa shape index (κ2) is 10.0. The summed E-state index contributed by atoms with van der Waals surface area (Å²) in [6.07, 6.45) is 8.11. The van der Waals surface area contributed by atoms with Crippen molar-refractivity contribution in [1.82, 2.24) is 4.90 Å². The van der Waals surface area contributed by atoms with E-state index in [-0.39, 0.29) is 35.4 Å².